The van der Waals surface area contributed by atoms with E-state index in [0.717, 1.165) is 32.7 Å². The van der Waals surface area contributed by atoms with Crippen molar-refractivity contribution in [1.29, 1.82) is 0 Å². The molecule has 3 aromatic carbocycles. The summed E-state index contributed by atoms with van der Waals surface area (Å²) in [5, 5.41) is 15.0. The van der Waals surface area contributed by atoms with Crippen LogP contribution in [0.25, 0.3) is 32.3 Å². The Balaban J connectivity index is 0.000000133. The number of aromatic hydroxyl groups is 1. The summed E-state index contributed by atoms with van der Waals surface area (Å²) in [6.45, 7) is 0. The molecule has 3 heterocycles. The van der Waals surface area contributed by atoms with Gasteiger partial charge in [-0.05, 0) is 6.07 Å². The highest BCUT2D eigenvalue weighted by Gasteiger charge is 2.06. The lowest BCUT2D eigenvalue weighted by atomic mass is 10.1. The van der Waals surface area contributed by atoms with Gasteiger partial charge in [-0.2, -0.15) is 4.39 Å². The molecule has 0 saturated heterocycles. The van der Waals surface area contributed by atoms with Crippen LogP contribution in [-0.4, -0.2) is 34.3 Å². The number of hydrogen-bond acceptors (Lipinski definition) is 6. The Morgan fingerprint density at radius 3 is 1.50 bits per heavy atom. The van der Waals surface area contributed by atoms with E-state index in [9.17, 15) is 9.50 Å². The Hall–Kier alpha value is -4.20. The fraction of sp³-hybridized carbons (Fsp3) is 0.0690. The molecular formula is C29H22Cl2FN3O3. The predicted molar refractivity (Wildman–Crippen MR) is 150 cm³/mol. The fourth-order valence-corrected chi connectivity index (χ4v) is 4.16. The number of halogens is 3. The first kappa shape index (κ1) is 26.9. The number of pyridine rings is 3. The van der Waals surface area contributed by atoms with Crippen LogP contribution in [-0.2, 0) is 0 Å². The van der Waals surface area contributed by atoms with E-state index < -0.39 is 5.95 Å². The maximum absolute atomic E-state index is 13.1. The van der Waals surface area contributed by atoms with Crippen LogP contribution in [0.15, 0.2) is 91.4 Å². The minimum atomic E-state index is -0.462. The number of aromatic nitrogens is 3. The maximum atomic E-state index is 13.1. The van der Waals surface area contributed by atoms with Crippen molar-refractivity contribution >= 4 is 55.5 Å². The highest BCUT2D eigenvalue weighted by Crippen LogP contribution is 2.29. The van der Waals surface area contributed by atoms with Crippen molar-refractivity contribution in [3.8, 4) is 17.2 Å². The van der Waals surface area contributed by atoms with E-state index in [1.54, 1.807) is 44.7 Å². The summed E-state index contributed by atoms with van der Waals surface area (Å²) in [5.41, 5.74) is 0. The Bertz CT molecular complexity index is 1590. The van der Waals surface area contributed by atoms with Crippen molar-refractivity contribution in [1.82, 2.24) is 15.0 Å². The van der Waals surface area contributed by atoms with Gasteiger partial charge in [-0.25, -0.2) is 15.0 Å². The highest BCUT2D eigenvalue weighted by atomic mass is 35.5. The summed E-state index contributed by atoms with van der Waals surface area (Å²) in [6, 6.07) is 22.2. The van der Waals surface area contributed by atoms with Crippen LogP contribution in [0.5, 0.6) is 17.2 Å². The smallest absolute Gasteiger partial charge is 0.220 e. The van der Waals surface area contributed by atoms with E-state index in [4.69, 9.17) is 32.7 Å². The molecule has 0 unspecified atom stereocenters. The molecule has 0 radical (unpaired) electrons. The number of rotatable bonds is 2. The molecule has 0 bridgehead atoms. The minimum absolute atomic E-state index is 0.162. The number of methoxy groups -OCH3 is 2. The first-order valence-electron chi connectivity index (χ1n) is 11.3. The highest BCUT2D eigenvalue weighted by molar-refractivity contribution is 6.34. The van der Waals surface area contributed by atoms with Gasteiger partial charge in [0, 0.05) is 32.3 Å². The van der Waals surface area contributed by atoms with Crippen LogP contribution in [0.4, 0.5) is 4.39 Å². The van der Waals surface area contributed by atoms with Gasteiger partial charge in [-0.1, -0.05) is 89.9 Å². The number of hydrogen-bond donors (Lipinski definition) is 1. The molecule has 0 atom stereocenters. The van der Waals surface area contributed by atoms with E-state index in [1.165, 1.54) is 12.4 Å². The molecule has 0 aliphatic heterocycles. The SMILES string of the molecule is COc1cnc(Cl)c2ccccc12.COc1cnc(F)c2ccccc12.Oc1cnc(Cl)c2ccccc12. The van der Waals surface area contributed by atoms with Crippen LogP contribution in [0.3, 0.4) is 0 Å². The molecule has 9 heteroatoms. The second-order valence-corrected chi connectivity index (χ2v) is 8.52. The van der Waals surface area contributed by atoms with Crippen molar-refractivity contribution in [3.05, 3.63) is 108 Å². The molecule has 0 aliphatic rings. The van der Waals surface area contributed by atoms with Crippen molar-refractivity contribution in [2.45, 2.75) is 0 Å². The quantitative estimate of drug-likeness (QED) is 0.221. The molecule has 0 spiro atoms. The first-order valence-corrected chi connectivity index (χ1v) is 12.1. The van der Waals surface area contributed by atoms with E-state index >= 15 is 0 Å². The van der Waals surface area contributed by atoms with Gasteiger partial charge in [-0.3, -0.25) is 0 Å². The zero-order valence-electron chi connectivity index (χ0n) is 20.4. The fourth-order valence-electron chi connectivity index (χ4n) is 3.73. The van der Waals surface area contributed by atoms with Crippen LogP contribution < -0.4 is 9.47 Å². The third-order valence-corrected chi connectivity index (χ3v) is 6.19. The van der Waals surface area contributed by atoms with Crippen LogP contribution >= 0.6 is 23.2 Å². The number of benzene rings is 3. The van der Waals surface area contributed by atoms with Gasteiger partial charge < -0.3 is 14.6 Å². The van der Waals surface area contributed by atoms with E-state index in [1.807, 2.05) is 48.5 Å². The second kappa shape index (κ2) is 12.4. The third-order valence-electron chi connectivity index (χ3n) is 5.59. The van der Waals surface area contributed by atoms with Crippen LogP contribution in [0.1, 0.15) is 0 Å². The summed E-state index contributed by atoms with van der Waals surface area (Å²) in [5.74, 6) is 1.04. The zero-order valence-corrected chi connectivity index (χ0v) is 21.9. The molecule has 1 N–H and O–H groups in total. The largest absolute Gasteiger partial charge is 0.506 e. The molecule has 6 nitrogen and oxygen atoms in total. The Morgan fingerprint density at radius 2 is 0.974 bits per heavy atom. The summed E-state index contributed by atoms with van der Waals surface area (Å²) < 4.78 is 23.4. The minimum Gasteiger partial charge on any atom is -0.506 e. The molecule has 0 saturated carbocycles. The van der Waals surface area contributed by atoms with E-state index in [2.05, 4.69) is 15.0 Å². The Kier molecular flexibility index (Phi) is 8.73. The third kappa shape index (κ3) is 5.85. The van der Waals surface area contributed by atoms with Crippen molar-refractivity contribution in [3.63, 3.8) is 0 Å². The van der Waals surface area contributed by atoms with Crippen LogP contribution in [0.2, 0.25) is 10.3 Å². The zero-order chi connectivity index (χ0) is 27.1. The van der Waals surface area contributed by atoms with Crippen molar-refractivity contribution in [2.75, 3.05) is 14.2 Å². The van der Waals surface area contributed by atoms with Gasteiger partial charge in [-0.15, -0.1) is 0 Å². The summed E-state index contributed by atoms with van der Waals surface area (Å²) >= 11 is 11.7. The number of fused-ring (bicyclic) bond motifs is 3. The normalized spacial score (nSPS) is 10.3. The molecule has 6 aromatic rings. The van der Waals surface area contributed by atoms with Gasteiger partial charge in [0.25, 0.3) is 0 Å². The molecule has 0 amide bonds. The van der Waals surface area contributed by atoms with Gasteiger partial charge >= 0.3 is 0 Å². The lowest BCUT2D eigenvalue weighted by Crippen LogP contribution is -1.90. The van der Waals surface area contributed by atoms with Crippen LogP contribution in [0, 0.1) is 5.95 Å². The van der Waals surface area contributed by atoms with Gasteiger partial charge in [0.1, 0.15) is 27.6 Å². The monoisotopic (exact) mass is 549 g/mol. The Morgan fingerprint density at radius 1 is 0.579 bits per heavy atom. The van der Waals surface area contributed by atoms with Crippen molar-refractivity contribution < 1.29 is 19.0 Å². The molecule has 3 aromatic heterocycles. The number of ether oxygens (including phenoxy) is 2. The topological polar surface area (TPSA) is 77.4 Å². The lowest BCUT2D eigenvalue weighted by Gasteiger charge is -2.04. The van der Waals surface area contributed by atoms with Crippen molar-refractivity contribution in [2.24, 2.45) is 0 Å². The van der Waals surface area contributed by atoms with E-state index in [0.29, 0.717) is 21.4 Å². The maximum Gasteiger partial charge on any atom is 0.220 e. The summed E-state index contributed by atoms with van der Waals surface area (Å²) in [4.78, 5) is 11.4. The molecule has 6 rings (SSSR count). The standard InChI is InChI=1S/C10H8ClNO.C10H8FNO.C9H6ClNO/c2*1-13-9-6-12-10(11)8-5-3-2-4-7(8)9;10-9-7-4-2-1-3-6(7)8(12)5-11-9/h2*2-6H,1H3;1-5,12H. The lowest BCUT2D eigenvalue weighted by molar-refractivity contribution is 0.416. The molecular weight excluding hydrogens is 528 g/mol. The molecule has 0 aliphatic carbocycles. The first-order chi connectivity index (χ1) is 18.4. The molecule has 192 valence electrons. The average Bonchev–Trinajstić information content (AvgIpc) is 2.97. The predicted octanol–water partition coefficient (Wildman–Crippen LogP) is 7.87. The summed E-state index contributed by atoms with van der Waals surface area (Å²) in [7, 11) is 3.17. The molecule has 38 heavy (non-hydrogen) atoms. The number of nitrogens with zero attached hydrogens (tertiary/aromatic N) is 3. The van der Waals surface area contributed by atoms with Gasteiger partial charge in [0.15, 0.2) is 0 Å². The Labute approximate surface area is 228 Å². The second-order valence-electron chi connectivity index (χ2n) is 7.81. The van der Waals surface area contributed by atoms with Gasteiger partial charge in [0.05, 0.1) is 32.8 Å². The molecule has 0 fully saturated rings. The summed E-state index contributed by atoms with van der Waals surface area (Å²) in [6.07, 6.45) is 4.37. The van der Waals surface area contributed by atoms with E-state index in [-0.39, 0.29) is 5.75 Å². The van der Waals surface area contributed by atoms with Gasteiger partial charge in [0.2, 0.25) is 5.95 Å². The average molecular weight is 550 g/mol.